The van der Waals surface area contributed by atoms with Crippen molar-refractivity contribution in [2.75, 3.05) is 45.9 Å². The second-order valence-electron chi connectivity index (χ2n) is 5.23. The molecule has 0 aromatic carbocycles. The van der Waals surface area contributed by atoms with Gasteiger partial charge in [-0.15, -0.1) is 0 Å². The zero-order chi connectivity index (χ0) is 14.6. The van der Waals surface area contributed by atoms with Crippen molar-refractivity contribution in [1.29, 1.82) is 0 Å². The van der Waals surface area contributed by atoms with Gasteiger partial charge in [0.2, 0.25) is 5.88 Å². The maximum atomic E-state index is 9.67. The molecule has 0 amide bonds. The second-order valence-corrected chi connectivity index (χ2v) is 6.29. The minimum atomic E-state index is -0.245. The second kappa shape index (κ2) is 6.71. The zero-order valence-corrected chi connectivity index (χ0v) is 13.1. The highest BCUT2D eigenvalue weighted by molar-refractivity contribution is 7.15. The average Bonchev–Trinajstić information content (AvgIpc) is 2.90. The van der Waals surface area contributed by atoms with Crippen LogP contribution in [-0.2, 0) is 11.3 Å². The molecule has 0 bridgehead atoms. The van der Waals surface area contributed by atoms with E-state index in [1.54, 1.807) is 18.4 Å². The summed E-state index contributed by atoms with van der Waals surface area (Å²) in [4.78, 5) is 7.45. The highest BCUT2D eigenvalue weighted by Gasteiger charge is 2.31. The summed E-state index contributed by atoms with van der Waals surface area (Å²) < 4.78 is 10.7. The lowest BCUT2D eigenvalue weighted by Crippen LogP contribution is -2.51. The van der Waals surface area contributed by atoms with Gasteiger partial charge in [-0.05, 0) is 12.8 Å². The van der Waals surface area contributed by atoms with Crippen LogP contribution in [0.4, 0.5) is 5.13 Å². The Morgan fingerprint density at radius 1 is 1.45 bits per heavy atom. The van der Waals surface area contributed by atoms with Crippen molar-refractivity contribution in [1.82, 2.24) is 10.3 Å². The first-order valence-corrected chi connectivity index (χ1v) is 7.56. The largest absolute Gasteiger partial charge is 0.480 e. The van der Waals surface area contributed by atoms with Crippen LogP contribution in [-0.4, -0.2) is 56.7 Å². The fourth-order valence-electron chi connectivity index (χ4n) is 2.21. The lowest BCUT2D eigenvalue weighted by molar-refractivity contribution is 0.0112. The Morgan fingerprint density at radius 2 is 2.15 bits per heavy atom. The van der Waals surface area contributed by atoms with E-state index in [-0.39, 0.29) is 12.1 Å². The Labute approximate surface area is 123 Å². The van der Waals surface area contributed by atoms with Gasteiger partial charge in [0.25, 0.3) is 0 Å². The van der Waals surface area contributed by atoms with Crippen LogP contribution in [0.2, 0.25) is 0 Å². The van der Waals surface area contributed by atoms with Crippen molar-refractivity contribution in [2.45, 2.75) is 24.9 Å². The SMILES string of the molecule is COc1nc(N(C)C)sc1CNC1(CO)CCOCC1. The van der Waals surface area contributed by atoms with Crippen LogP contribution in [0.5, 0.6) is 5.88 Å². The molecule has 1 aromatic heterocycles. The molecule has 7 heteroatoms. The van der Waals surface area contributed by atoms with Crippen LogP contribution in [0, 0.1) is 0 Å². The van der Waals surface area contributed by atoms with E-state index in [1.165, 1.54) is 0 Å². The molecule has 0 spiro atoms. The predicted octanol–water partition coefficient (Wildman–Crippen LogP) is 0.849. The molecule has 0 saturated carbocycles. The van der Waals surface area contributed by atoms with E-state index in [1.807, 2.05) is 19.0 Å². The Hall–Kier alpha value is -0.890. The lowest BCUT2D eigenvalue weighted by Gasteiger charge is -2.36. The molecule has 0 radical (unpaired) electrons. The molecule has 2 heterocycles. The summed E-state index contributed by atoms with van der Waals surface area (Å²) in [6.45, 7) is 2.15. The predicted molar refractivity (Wildman–Crippen MR) is 79.7 cm³/mol. The van der Waals surface area contributed by atoms with Gasteiger partial charge >= 0.3 is 0 Å². The number of rotatable bonds is 6. The third-order valence-corrected chi connectivity index (χ3v) is 4.81. The van der Waals surface area contributed by atoms with E-state index in [0.29, 0.717) is 25.6 Å². The highest BCUT2D eigenvalue weighted by Crippen LogP contribution is 2.31. The van der Waals surface area contributed by atoms with Crippen molar-refractivity contribution >= 4 is 16.5 Å². The van der Waals surface area contributed by atoms with E-state index in [9.17, 15) is 5.11 Å². The summed E-state index contributed by atoms with van der Waals surface area (Å²) in [6, 6.07) is 0. The van der Waals surface area contributed by atoms with Crippen LogP contribution >= 0.6 is 11.3 Å². The molecule has 1 saturated heterocycles. The van der Waals surface area contributed by atoms with E-state index in [4.69, 9.17) is 9.47 Å². The number of hydrogen-bond donors (Lipinski definition) is 2. The summed E-state index contributed by atoms with van der Waals surface area (Å²) in [5, 5.41) is 14.1. The van der Waals surface area contributed by atoms with Gasteiger partial charge in [0, 0.05) is 39.4 Å². The quantitative estimate of drug-likeness (QED) is 0.812. The number of thiazole rings is 1. The lowest BCUT2D eigenvalue weighted by atomic mass is 9.91. The molecule has 114 valence electrons. The van der Waals surface area contributed by atoms with Gasteiger partial charge in [-0.3, -0.25) is 0 Å². The fraction of sp³-hybridized carbons (Fsp3) is 0.769. The molecule has 0 aliphatic carbocycles. The summed E-state index contributed by atoms with van der Waals surface area (Å²) >= 11 is 1.60. The van der Waals surface area contributed by atoms with Crippen LogP contribution in [0.3, 0.4) is 0 Å². The molecule has 1 aliphatic heterocycles. The molecule has 6 nitrogen and oxygen atoms in total. The number of aromatic nitrogens is 1. The molecule has 0 atom stereocenters. The number of aliphatic hydroxyl groups excluding tert-OH is 1. The smallest absolute Gasteiger partial charge is 0.230 e. The van der Waals surface area contributed by atoms with Crippen molar-refractivity contribution in [3.05, 3.63) is 4.88 Å². The number of nitrogens with one attached hydrogen (secondary N) is 1. The normalized spacial score (nSPS) is 18.0. The van der Waals surface area contributed by atoms with Gasteiger partial charge in [0.05, 0.1) is 18.6 Å². The Bertz CT molecular complexity index is 430. The third-order valence-electron chi connectivity index (χ3n) is 3.60. The summed E-state index contributed by atoms with van der Waals surface area (Å²) in [7, 11) is 5.56. The first-order valence-electron chi connectivity index (χ1n) is 6.75. The van der Waals surface area contributed by atoms with Crippen molar-refractivity contribution in [3.8, 4) is 5.88 Å². The van der Waals surface area contributed by atoms with Crippen LogP contribution in [0.1, 0.15) is 17.7 Å². The molecule has 1 aliphatic rings. The number of methoxy groups -OCH3 is 1. The molecular formula is C13H23N3O3S. The van der Waals surface area contributed by atoms with E-state index in [0.717, 1.165) is 22.9 Å². The average molecular weight is 301 g/mol. The van der Waals surface area contributed by atoms with Gasteiger partial charge < -0.3 is 24.8 Å². The maximum absolute atomic E-state index is 9.67. The first kappa shape index (κ1) is 15.5. The number of hydrogen-bond acceptors (Lipinski definition) is 7. The summed E-state index contributed by atoms with van der Waals surface area (Å²) in [5.74, 6) is 0.659. The molecule has 0 unspecified atom stereocenters. The first-order chi connectivity index (χ1) is 9.60. The standard InChI is InChI=1S/C13H23N3O3S/c1-16(2)12-15-11(18-3)10(20-12)8-14-13(9-17)4-6-19-7-5-13/h14,17H,4-9H2,1-3H3. The van der Waals surface area contributed by atoms with Crippen molar-refractivity contribution in [2.24, 2.45) is 0 Å². The van der Waals surface area contributed by atoms with Crippen LogP contribution < -0.4 is 15.0 Å². The zero-order valence-electron chi connectivity index (χ0n) is 12.3. The molecule has 2 N–H and O–H groups in total. The van der Waals surface area contributed by atoms with Gasteiger partial charge in [0.15, 0.2) is 5.13 Å². The Kier molecular flexibility index (Phi) is 5.20. The minimum Gasteiger partial charge on any atom is -0.480 e. The maximum Gasteiger partial charge on any atom is 0.230 e. The molecule has 20 heavy (non-hydrogen) atoms. The van der Waals surface area contributed by atoms with E-state index in [2.05, 4.69) is 10.3 Å². The van der Waals surface area contributed by atoms with Gasteiger partial charge in [-0.2, -0.15) is 4.98 Å². The molecule has 1 fully saturated rings. The van der Waals surface area contributed by atoms with Crippen molar-refractivity contribution < 1.29 is 14.6 Å². The minimum absolute atomic E-state index is 0.123. The topological polar surface area (TPSA) is 66.9 Å². The van der Waals surface area contributed by atoms with Crippen LogP contribution in [0.25, 0.3) is 0 Å². The van der Waals surface area contributed by atoms with E-state index >= 15 is 0 Å². The monoisotopic (exact) mass is 301 g/mol. The molecule has 1 aromatic rings. The Balaban J connectivity index is 2.05. The molecular weight excluding hydrogens is 278 g/mol. The number of aliphatic hydroxyl groups is 1. The summed E-state index contributed by atoms with van der Waals surface area (Å²) in [6.07, 6.45) is 1.65. The summed E-state index contributed by atoms with van der Waals surface area (Å²) in [5.41, 5.74) is -0.245. The highest BCUT2D eigenvalue weighted by atomic mass is 32.1. The third kappa shape index (κ3) is 3.41. The van der Waals surface area contributed by atoms with Gasteiger partial charge in [0.1, 0.15) is 0 Å². The van der Waals surface area contributed by atoms with Crippen LogP contribution in [0.15, 0.2) is 0 Å². The number of ether oxygens (including phenoxy) is 2. The van der Waals surface area contributed by atoms with Crippen molar-refractivity contribution in [3.63, 3.8) is 0 Å². The van der Waals surface area contributed by atoms with Gasteiger partial charge in [-0.1, -0.05) is 11.3 Å². The Morgan fingerprint density at radius 3 is 2.70 bits per heavy atom. The number of nitrogens with zero attached hydrogens (tertiary/aromatic N) is 2. The molecule has 2 rings (SSSR count). The van der Waals surface area contributed by atoms with E-state index < -0.39 is 0 Å². The number of anilines is 1. The fourth-order valence-corrected chi connectivity index (χ4v) is 3.10. The van der Waals surface area contributed by atoms with Gasteiger partial charge in [-0.25, -0.2) is 0 Å².